The maximum atomic E-state index is 12.8. The molecule has 4 nitrogen and oxygen atoms in total. The smallest absolute Gasteiger partial charge is 0.225 e. The van der Waals surface area contributed by atoms with Crippen molar-refractivity contribution in [2.75, 3.05) is 39.3 Å². The van der Waals surface area contributed by atoms with Crippen LogP contribution in [0.1, 0.15) is 46.0 Å². The lowest BCUT2D eigenvalue weighted by Gasteiger charge is -2.40. The highest BCUT2D eigenvalue weighted by molar-refractivity contribution is 5.79. The molecule has 3 rings (SSSR count). The molecule has 0 bridgehead atoms. The van der Waals surface area contributed by atoms with Crippen LogP contribution in [0.15, 0.2) is 0 Å². The van der Waals surface area contributed by atoms with Gasteiger partial charge in [0.1, 0.15) is 0 Å². The van der Waals surface area contributed by atoms with E-state index >= 15 is 0 Å². The summed E-state index contributed by atoms with van der Waals surface area (Å²) in [6, 6.07) is 0. The first-order valence-electron chi connectivity index (χ1n) is 9.30. The zero-order chi connectivity index (χ0) is 15.5. The van der Waals surface area contributed by atoms with Gasteiger partial charge in [-0.15, -0.1) is 0 Å². The molecule has 2 heterocycles. The van der Waals surface area contributed by atoms with Crippen molar-refractivity contribution in [3.8, 4) is 0 Å². The molecular formula is C18H32N2O2. The molecule has 0 radical (unpaired) electrons. The van der Waals surface area contributed by atoms with Gasteiger partial charge in [0.15, 0.2) is 0 Å². The lowest BCUT2D eigenvalue weighted by Crippen LogP contribution is -2.50. The van der Waals surface area contributed by atoms with Crippen LogP contribution in [0.4, 0.5) is 0 Å². The van der Waals surface area contributed by atoms with Crippen molar-refractivity contribution in [2.45, 2.75) is 52.1 Å². The highest BCUT2D eigenvalue weighted by Gasteiger charge is 2.37. The molecule has 2 saturated heterocycles. The summed E-state index contributed by atoms with van der Waals surface area (Å²) in [5.74, 6) is 2.11. The Hall–Kier alpha value is -0.610. The van der Waals surface area contributed by atoms with Crippen LogP contribution in [0, 0.1) is 17.8 Å². The van der Waals surface area contributed by atoms with Gasteiger partial charge in [-0.05, 0) is 44.6 Å². The highest BCUT2D eigenvalue weighted by atomic mass is 16.5. The monoisotopic (exact) mass is 308 g/mol. The van der Waals surface area contributed by atoms with Gasteiger partial charge in [0, 0.05) is 38.0 Å². The Labute approximate surface area is 135 Å². The Morgan fingerprint density at radius 2 is 1.86 bits per heavy atom. The van der Waals surface area contributed by atoms with E-state index in [1.165, 1.54) is 12.8 Å². The first-order chi connectivity index (χ1) is 10.7. The standard InChI is InChI=1S/C18H32N2O2/c1-3-19-10-11-22-17-13-20(9-8-16(17)12-19)18(21)15-6-4-14(2)5-7-15/h14-17H,3-13H2,1-2H3. The molecule has 22 heavy (non-hydrogen) atoms. The van der Waals surface area contributed by atoms with E-state index in [4.69, 9.17) is 4.74 Å². The molecule has 1 aliphatic carbocycles. The van der Waals surface area contributed by atoms with Gasteiger partial charge in [-0.1, -0.05) is 13.8 Å². The van der Waals surface area contributed by atoms with Crippen molar-refractivity contribution in [1.82, 2.24) is 9.80 Å². The average Bonchev–Trinajstić information content (AvgIpc) is 2.76. The number of fused-ring (bicyclic) bond motifs is 1. The number of carbonyl (C=O) groups is 1. The highest BCUT2D eigenvalue weighted by Crippen LogP contribution is 2.31. The van der Waals surface area contributed by atoms with Crippen LogP contribution in [-0.2, 0) is 9.53 Å². The van der Waals surface area contributed by atoms with Crippen molar-refractivity contribution in [1.29, 1.82) is 0 Å². The van der Waals surface area contributed by atoms with E-state index in [0.29, 0.717) is 11.8 Å². The molecule has 0 aromatic heterocycles. The lowest BCUT2D eigenvalue weighted by molar-refractivity contribution is -0.142. The first-order valence-corrected chi connectivity index (χ1v) is 9.30. The third kappa shape index (κ3) is 3.65. The molecule has 0 aromatic rings. The number of piperidine rings is 1. The van der Waals surface area contributed by atoms with Crippen LogP contribution in [0.2, 0.25) is 0 Å². The van der Waals surface area contributed by atoms with Crippen LogP contribution in [-0.4, -0.2) is 61.1 Å². The van der Waals surface area contributed by atoms with Crippen LogP contribution >= 0.6 is 0 Å². The molecule has 126 valence electrons. The van der Waals surface area contributed by atoms with E-state index in [1.54, 1.807) is 0 Å². The van der Waals surface area contributed by atoms with E-state index in [1.807, 2.05) is 0 Å². The lowest BCUT2D eigenvalue weighted by atomic mass is 9.81. The largest absolute Gasteiger partial charge is 0.375 e. The Morgan fingerprint density at radius 1 is 1.09 bits per heavy atom. The van der Waals surface area contributed by atoms with Crippen molar-refractivity contribution in [3.05, 3.63) is 0 Å². The molecule has 3 fully saturated rings. The van der Waals surface area contributed by atoms with Crippen LogP contribution in [0.25, 0.3) is 0 Å². The molecule has 1 saturated carbocycles. The zero-order valence-electron chi connectivity index (χ0n) is 14.3. The van der Waals surface area contributed by atoms with Gasteiger partial charge >= 0.3 is 0 Å². The summed E-state index contributed by atoms with van der Waals surface area (Å²) in [5, 5.41) is 0. The van der Waals surface area contributed by atoms with Gasteiger partial charge in [0.05, 0.1) is 12.7 Å². The Morgan fingerprint density at radius 3 is 2.59 bits per heavy atom. The molecule has 4 heteroatoms. The van der Waals surface area contributed by atoms with Gasteiger partial charge in [0.2, 0.25) is 5.91 Å². The predicted octanol–water partition coefficient (Wildman–Crippen LogP) is 2.38. The molecule has 0 aromatic carbocycles. The molecule has 1 amide bonds. The minimum Gasteiger partial charge on any atom is -0.375 e. The minimum absolute atomic E-state index is 0.261. The van der Waals surface area contributed by atoms with E-state index in [2.05, 4.69) is 23.6 Å². The quantitative estimate of drug-likeness (QED) is 0.785. The van der Waals surface area contributed by atoms with Gasteiger partial charge in [-0.3, -0.25) is 4.79 Å². The molecule has 2 aliphatic heterocycles. The number of amides is 1. The second-order valence-corrected chi connectivity index (χ2v) is 7.59. The third-order valence-corrected chi connectivity index (χ3v) is 6.05. The summed E-state index contributed by atoms with van der Waals surface area (Å²) < 4.78 is 6.09. The Bertz CT molecular complexity index is 379. The molecule has 0 spiro atoms. The van der Waals surface area contributed by atoms with Crippen molar-refractivity contribution in [2.24, 2.45) is 17.8 Å². The number of hydrogen-bond acceptors (Lipinski definition) is 3. The second-order valence-electron chi connectivity index (χ2n) is 7.59. The summed E-state index contributed by atoms with van der Waals surface area (Å²) >= 11 is 0. The molecule has 2 unspecified atom stereocenters. The predicted molar refractivity (Wildman–Crippen MR) is 87.7 cm³/mol. The number of hydrogen-bond donors (Lipinski definition) is 0. The fourth-order valence-electron chi connectivity index (χ4n) is 4.37. The summed E-state index contributed by atoms with van der Waals surface area (Å²) in [6.45, 7) is 10.4. The number of rotatable bonds is 2. The van der Waals surface area contributed by atoms with E-state index in [0.717, 1.165) is 64.5 Å². The average molecular weight is 308 g/mol. The van der Waals surface area contributed by atoms with Gasteiger partial charge in [0.25, 0.3) is 0 Å². The number of likely N-dealkylation sites (N-methyl/N-ethyl adjacent to an activating group) is 1. The number of carbonyl (C=O) groups excluding carboxylic acids is 1. The molecular weight excluding hydrogens is 276 g/mol. The third-order valence-electron chi connectivity index (χ3n) is 6.05. The van der Waals surface area contributed by atoms with Crippen molar-refractivity contribution >= 4 is 5.91 Å². The maximum Gasteiger partial charge on any atom is 0.225 e. The summed E-state index contributed by atoms with van der Waals surface area (Å²) in [5.41, 5.74) is 0. The maximum absolute atomic E-state index is 12.8. The number of ether oxygens (including phenoxy) is 1. The van der Waals surface area contributed by atoms with E-state index in [9.17, 15) is 4.79 Å². The van der Waals surface area contributed by atoms with Crippen molar-refractivity contribution < 1.29 is 9.53 Å². The van der Waals surface area contributed by atoms with Gasteiger partial charge in [-0.25, -0.2) is 0 Å². The topological polar surface area (TPSA) is 32.8 Å². The molecule has 3 aliphatic rings. The van der Waals surface area contributed by atoms with E-state index < -0.39 is 0 Å². The van der Waals surface area contributed by atoms with Crippen LogP contribution < -0.4 is 0 Å². The Balaban J connectivity index is 1.56. The minimum atomic E-state index is 0.261. The second kappa shape index (κ2) is 7.31. The van der Waals surface area contributed by atoms with Gasteiger partial charge < -0.3 is 14.5 Å². The summed E-state index contributed by atoms with van der Waals surface area (Å²) in [4.78, 5) is 17.4. The Kier molecular flexibility index (Phi) is 5.40. The van der Waals surface area contributed by atoms with Crippen LogP contribution in [0.5, 0.6) is 0 Å². The first kappa shape index (κ1) is 16.3. The van der Waals surface area contributed by atoms with Gasteiger partial charge in [-0.2, -0.15) is 0 Å². The van der Waals surface area contributed by atoms with E-state index in [-0.39, 0.29) is 12.0 Å². The summed E-state index contributed by atoms with van der Waals surface area (Å²) in [6.07, 6.45) is 5.99. The molecule has 0 N–H and O–H groups in total. The fraction of sp³-hybridized carbons (Fsp3) is 0.944. The summed E-state index contributed by atoms with van der Waals surface area (Å²) in [7, 11) is 0. The number of nitrogens with zero attached hydrogens (tertiary/aromatic N) is 2. The number of likely N-dealkylation sites (tertiary alicyclic amines) is 1. The fourth-order valence-corrected chi connectivity index (χ4v) is 4.37. The normalized spacial score (nSPS) is 37.5. The molecule has 2 atom stereocenters. The zero-order valence-corrected chi connectivity index (χ0v) is 14.3. The van der Waals surface area contributed by atoms with Crippen molar-refractivity contribution in [3.63, 3.8) is 0 Å². The van der Waals surface area contributed by atoms with Crippen LogP contribution in [0.3, 0.4) is 0 Å². The SMILES string of the molecule is CCN1CCOC2CN(C(=O)C3CCC(C)CC3)CCC2C1.